The summed E-state index contributed by atoms with van der Waals surface area (Å²) in [7, 11) is 0. The highest BCUT2D eigenvalue weighted by molar-refractivity contribution is 7.99. The molecule has 0 radical (unpaired) electrons. The van der Waals surface area contributed by atoms with Gasteiger partial charge < -0.3 is 4.42 Å². The van der Waals surface area contributed by atoms with Gasteiger partial charge in [0, 0.05) is 46.1 Å². The van der Waals surface area contributed by atoms with Crippen LogP contribution in [0.4, 0.5) is 0 Å². The molecular formula is C40H22OS2. The van der Waals surface area contributed by atoms with Crippen LogP contribution in [0.3, 0.4) is 0 Å². The molecule has 7 aromatic carbocycles. The van der Waals surface area contributed by atoms with Crippen molar-refractivity contribution in [1.29, 1.82) is 0 Å². The van der Waals surface area contributed by atoms with Crippen molar-refractivity contribution >= 4 is 76.0 Å². The Hall–Kier alpha value is -4.83. The van der Waals surface area contributed by atoms with E-state index in [1.54, 1.807) is 0 Å². The molecule has 9 aromatic rings. The smallest absolute Gasteiger partial charge is 0.136 e. The van der Waals surface area contributed by atoms with Crippen LogP contribution in [-0.4, -0.2) is 0 Å². The van der Waals surface area contributed by atoms with Gasteiger partial charge in [0.25, 0.3) is 0 Å². The van der Waals surface area contributed by atoms with Gasteiger partial charge in [0.15, 0.2) is 0 Å². The summed E-state index contributed by atoms with van der Waals surface area (Å²) in [6, 6.07) is 48.7. The number of benzene rings is 7. The lowest BCUT2D eigenvalue weighted by atomic mass is 9.92. The Morgan fingerprint density at radius 3 is 1.95 bits per heavy atom. The molecule has 0 atom stereocenters. The van der Waals surface area contributed by atoms with Gasteiger partial charge in [-0.15, -0.1) is 11.3 Å². The molecule has 1 nitrogen and oxygen atoms in total. The highest BCUT2D eigenvalue weighted by Gasteiger charge is 2.21. The van der Waals surface area contributed by atoms with E-state index in [1.807, 2.05) is 23.1 Å². The molecule has 0 amide bonds. The van der Waals surface area contributed by atoms with Crippen LogP contribution in [0.1, 0.15) is 0 Å². The Morgan fingerprint density at radius 2 is 1.07 bits per heavy atom. The summed E-state index contributed by atoms with van der Waals surface area (Å²) in [5.74, 6) is 0. The van der Waals surface area contributed by atoms with Gasteiger partial charge in [0.2, 0.25) is 0 Å². The van der Waals surface area contributed by atoms with E-state index >= 15 is 0 Å². The summed E-state index contributed by atoms with van der Waals surface area (Å²) in [6.45, 7) is 0. The average Bonchev–Trinajstić information content (AvgIpc) is 3.62. The van der Waals surface area contributed by atoms with Gasteiger partial charge in [-0.3, -0.25) is 0 Å². The topological polar surface area (TPSA) is 13.1 Å². The molecule has 0 saturated carbocycles. The number of rotatable bonds is 2. The van der Waals surface area contributed by atoms with E-state index in [0.29, 0.717) is 0 Å². The third-order valence-corrected chi connectivity index (χ3v) is 11.2. The lowest BCUT2D eigenvalue weighted by Gasteiger charge is -2.21. The third-order valence-electron chi connectivity index (χ3n) is 8.90. The molecule has 3 heteroatoms. The zero-order valence-electron chi connectivity index (χ0n) is 22.9. The van der Waals surface area contributed by atoms with Crippen molar-refractivity contribution in [2.75, 3.05) is 0 Å². The summed E-state index contributed by atoms with van der Waals surface area (Å²) >= 11 is 3.72. The Labute approximate surface area is 256 Å². The van der Waals surface area contributed by atoms with Crippen LogP contribution in [-0.2, 0) is 0 Å². The first-order chi connectivity index (χ1) is 21.3. The van der Waals surface area contributed by atoms with Crippen LogP contribution in [0.25, 0.3) is 86.3 Å². The maximum atomic E-state index is 6.59. The highest BCUT2D eigenvalue weighted by Crippen LogP contribution is 2.50. The average molecular weight is 583 g/mol. The van der Waals surface area contributed by atoms with E-state index in [1.165, 1.54) is 74.1 Å². The van der Waals surface area contributed by atoms with Crippen LogP contribution in [0.2, 0.25) is 0 Å². The quantitative estimate of drug-likeness (QED) is 0.201. The number of hydrogen-bond donors (Lipinski definition) is 0. The van der Waals surface area contributed by atoms with Crippen molar-refractivity contribution in [3.05, 3.63) is 133 Å². The second kappa shape index (κ2) is 8.84. The minimum absolute atomic E-state index is 0.920. The van der Waals surface area contributed by atoms with E-state index in [-0.39, 0.29) is 0 Å². The molecule has 10 rings (SSSR count). The van der Waals surface area contributed by atoms with Gasteiger partial charge in [-0.05, 0) is 87.3 Å². The maximum absolute atomic E-state index is 6.59. The van der Waals surface area contributed by atoms with Crippen molar-refractivity contribution in [2.45, 2.75) is 9.79 Å². The number of thiophene rings is 1. The molecule has 1 aliphatic rings. The molecule has 0 unspecified atom stereocenters. The predicted molar refractivity (Wildman–Crippen MR) is 185 cm³/mol. The first-order valence-electron chi connectivity index (χ1n) is 14.5. The second-order valence-electron chi connectivity index (χ2n) is 11.2. The monoisotopic (exact) mass is 582 g/mol. The van der Waals surface area contributed by atoms with Crippen molar-refractivity contribution < 1.29 is 4.42 Å². The molecule has 0 bridgehead atoms. The molecule has 0 spiro atoms. The van der Waals surface area contributed by atoms with Crippen LogP contribution < -0.4 is 0 Å². The SMILES string of the molecule is c1ccc2c(c1)Sc1ccc(-c3ccc4c(c3)oc3cc(-c5cccc6sc7ccccc7c56)ccc34)c3cccc-2c13. The molecule has 3 heterocycles. The molecule has 200 valence electrons. The summed E-state index contributed by atoms with van der Waals surface area (Å²) in [5, 5.41) is 7.56. The fourth-order valence-corrected chi connectivity index (χ4v) is 9.22. The molecule has 0 saturated heterocycles. The van der Waals surface area contributed by atoms with Gasteiger partial charge >= 0.3 is 0 Å². The molecule has 0 aliphatic carbocycles. The van der Waals surface area contributed by atoms with Crippen LogP contribution in [0, 0.1) is 0 Å². The third kappa shape index (κ3) is 3.41. The first-order valence-corrected chi connectivity index (χ1v) is 16.1. The van der Waals surface area contributed by atoms with Gasteiger partial charge in [-0.1, -0.05) is 96.7 Å². The van der Waals surface area contributed by atoms with Crippen molar-refractivity contribution in [3.8, 4) is 33.4 Å². The lowest BCUT2D eigenvalue weighted by Crippen LogP contribution is -1.93. The normalized spacial score (nSPS) is 12.6. The van der Waals surface area contributed by atoms with Crippen molar-refractivity contribution in [3.63, 3.8) is 0 Å². The summed E-state index contributed by atoms with van der Waals surface area (Å²) in [5.41, 5.74) is 9.32. The Bertz CT molecular complexity index is 2600. The zero-order valence-corrected chi connectivity index (χ0v) is 24.6. The largest absolute Gasteiger partial charge is 0.456 e. The van der Waals surface area contributed by atoms with Gasteiger partial charge in [0.05, 0.1) is 0 Å². The summed E-state index contributed by atoms with van der Waals surface area (Å²) in [6.07, 6.45) is 0. The predicted octanol–water partition coefficient (Wildman–Crippen LogP) is 12.6. The molecular weight excluding hydrogens is 561 g/mol. The van der Waals surface area contributed by atoms with E-state index in [0.717, 1.165) is 21.9 Å². The molecule has 2 aromatic heterocycles. The molecule has 0 N–H and O–H groups in total. The van der Waals surface area contributed by atoms with E-state index < -0.39 is 0 Å². The zero-order chi connectivity index (χ0) is 28.1. The second-order valence-corrected chi connectivity index (χ2v) is 13.4. The Kier molecular flexibility index (Phi) is 4.87. The van der Waals surface area contributed by atoms with Crippen molar-refractivity contribution in [1.82, 2.24) is 0 Å². The van der Waals surface area contributed by atoms with Crippen LogP contribution >= 0.6 is 23.1 Å². The van der Waals surface area contributed by atoms with E-state index in [4.69, 9.17) is 4.42 Å². The van der Waals surface area contributed by atoms with Crippen LogP contribution in [0.5, 0.6) is 0 Å². The van der Waals surface area contributed by atoms with Gasteiger partial charge in [-0.2, -0.15) is 0 Å². The van der Waals surface area contributed by atoms with E-state index in [9.17, 15) is 0 Å². The number of hydrogen-bond acceptors (Lipinski definition) is 3. The van der Waals surface area contributed by atoms with Gasteiger partial charge in [-0.25, -0.2) is 0 Å². The lowest BCUT2D eigenvalue weighted by molar-refractivity contribution is 0.669. The van der Waals surface area contributed by atoms with E-state index in [2.05, 4.69) is 133 Å². The minimum Gasteiger partial charge on any atom is -0.456 e. The van der Waals surface area contributed by atoms with Crippen molar-refractivity contribution in [2.24, 2.45) is 0 Å². The maximum Gasteiger partial charge on any atom is 0.136 e. The standard InChI is InChI=1S/C40H22OS2/c1-3-12-35-29(7-1)31-11-5-10-30-25(19-20-38(42-35)40(30)31)23-15-17-27-28-18-16-24(22-34(28)41-33(27)21-23)26-9-6-14-37-39(26)32-8-2-4-13-36(32)43-37/h1-22H. The number of fused-ring (bicyclic) bond motifs is 8. The molecule has 1 aliphatic heterocycles. The Morgan fingerprint density at radius 1 is 0.395 bits per heavy atom. The van der Waals surface area contributed by atoms with Crippen LogP contribution in [0.15, 0.2) is 148 Å². The summed E-state index contributed by atoms with van der Waals surface area (Å²) < 4.78 is 9.23. The Balaban J connectivity index is 1.13. The fraction of sp³-hybridized carbons (Fsp3) is 0. The number of furan rings is 1. The minimum atomic E-state index is 0.920. The molecule has 0 fully saturated rings. The summed E-state index contributed by atoms with van der Waals surface area (Å²) in [4.78, 5) is 2.64. The first kappa shape index (κ1) is 23.7. The fourth-order valence-electron chi connectivity index (χ4n) is 6.96. The van der Waals surface area contributed by atoms with Gasteiger partial charge in [0.1, 0.15) is 11.2 Å². The highest BCUT2D eigenvalue weighted by atomic mass is 32.2. The molecule has 43 heavy (non-hydrogen) atoms.